The van der Waals surface area contributed by atoms with Crippen LogP contribution in [0.1, 0.15) is 142 Å². The molecule has 10 rings (SSSR count). The minimum Gasteiger partial charge on any atom is -0.369 e. The summed E-state index contributed by atoms with van der Waals surface area (Å²) in [5.74, 6) is -0.694. The number of rotatable bonds is 4. The number of hydrogen-bond acceptors (Lipinski definition) is 8. The van der Waals surface area contributed by atoms with Crippen LogP contribution in [0, 0.1) is 13.1 Å². The molecule has 0 aromatic heterocycles. The summed E-state index contributed by atoms with van der Waals surface area (Å²) in [6.45, 7) is 18.4. The van der Waals surface area contributed by atoms with Crippen molar-refractivity contribution in [1.82, 2.24) is 0 Å². The van der Waals surface area contributed by atoms with E-state index in [1.807, 2.05) is 13.8 Å². The van der Waals surface area contributed by atoms with E-state index in [-0.39, 0.29) is 95.9 Å². The molecular weight excluding hydrogens is 636 g/mol. The molecule has 0 aromatic rings. The smallest absolute Gasteiger partial charge is 0.223 e. The fourth-order valence-corrected chi connectivity index (χ4v) is 11.9. The standard InChI is InChI=1S/2C20H29NO4/c2*1-13(21-2)10-14-6-7-17-19(23-14)11-15(22-17)18-16(12-19)24-20(25-18)8-4-3-5-9-20/h2*13-18H,3-12H2,1H3/t13?,14-,15-,16-,17+,18?,19-;13-,14-,15-,16-,17+,18?,19-/m11/s1. The van der Waals surface area contributed by atoms with Gasteiger partial charge in [-0.3, -0.25) is 0 Å². The molecule has 0 aromatic carbocycles. The second-order valence-corrected chi connectivity index (χ2v) is 17.8. The lowest BCUT2D eigenvalue weighted by molar-refractivity contribution is -0.216. The summed E-state index contributed by atoms with van der Waals surface area (Å²) in [6, 6.07) is 0.0629. The summed E-state index contributed by atoms with van der Waals surface area (Å²) in [7, 11) is 0. The zero-order valence-electron chi connectivity index (χ0n) is 30.2. The summed E-state index contributed by atoms with van der Waals surface area (Å²) in [6.07, 6.45) is 22.2. The Balaban J connectivity index is 0.000000135. The van der Waals surface area contributed by atoms with Gasteiger partial charge in [-0.2, -0.15) is 0 Å². The van der Waals surface area contributed by atoms with Crippen LogP contribution in [-0.4, -0.2) is 95.9 Å². The highest BCUT2D eigenvalue weighted by molar-refractivity contribution is 5.14. The van der Waals surface area contributed by atoms with Gasteiger partial charge in [0.1, 0.15) is 12.2 Å². The van der Waals surface area contributed by atoms with Crippen LogP contribution < -0.4 is 0 Å². The van der Waals surface area contributed by atoms with Gasteiger partial charge in [0.25, 0.3) is 0 Å². The molecule has 50 heavy (non-hydrogen) atoms. The topological polar surface area (TPSA) is 82.6 Å². The molecule has 4 aliphatic carbocycles. The first-order chi connectivity index (χ1) is 24.2. The average molecular weight is 695 g/mol. The lowest BCUT2D eigenvalue weighted by Crippen LogP contribution is -2.53. The van der Waals surface area contributed by atoms with E-state index in [0.717, 1.165) is 89.9 Å². The summed E-state index contributed by atoms with van der Waals surface area (Å²) >= 11 is 0. The molecule has 0 radical (unpaired) electrons. The van der Waals surface area contributed by atoms with Gasteiger partial charge in [-0.15, -0.1) is 0 Å². The van der Waals surface area contributed by atoms with Crippen molar-refractivity contribution >= 4 is 0 Å². The van der Waals surface area contributed by atoms with Crippen molar-refractivity contribution in [2.24, 2.45) is 0 Å². The molecule has 10 fully saturated rings. The molecule has 4 saturated carbocycles. The fourth-order valence-electron chi connectivity index (χ4n) is 11.9. The third kappa shape index (κ3) is 6.06. The van der Waals surface area contributed by atoms with Crippen molar-refractivity contribution < 1.29 is 37.9 Å². The number of fused-ring (bicyclic) bond motifs is 6. The molecule has 6 aliphatic heterocycles. The largest absolute Gasteiger partial charge is 0.369 e. The fraction of sp³-hybridized carbons (Fsp3) is 0.950. The minimum absolute atomic E-state index is 0.0315. The van der Waals surface area contributed by atoms with E-state index in [2.05, 4.69) is 9.69 Å². The molecule has 6 heterocycles. The van der Waals surface area contributed by atoms with E-state index in [1.54, 1.807) is 0 Å². The van der Waals surface area contributed by atoms with Crippen LogP contribution in [-0.2, 0) is 37.9 Å². The van der Waals surface area contributed by atoms with Gasteiger partial charge in [-0.1, -0.05) is 12.8 Å². The summed E-state index contributed by atoms with van der Waals surface area (Å²) in [4.78, 5) is 7.30. The number of nitrogens with zero attached hydrogens (tertiary/aromatic N) is 2. The van der Waals surface area contributed by atoms with Crippen LogP contribution in [0.25, 0.3) is 9.69 Å². The van der Waals surface area contributed by atoms with Crippen molar-refractivity contribution in [2.75, 3.05) is 0 Å². The van der Waals surface area contributed by atoms with Gasteiger partial charge in [0, 0.05) is 78.1 Å². The van der Waals surface area contributed by atoms with Crippen LogP contribution in [0.5, 0.6) is 0 Å². The lowest BCUT2D eigenvalue weighted by atomic mass is 9.76. The second kappa shape index (κ2) is 13.2. The van der Waals surface area contributed by atoms with E-state index >= 15 is 0 Å². The van der Waals surface area contributed by atoms with E-state index in [1.165, 1.54) is 38.5 Å². The Bertz CT molecular complexity index is 1240. The zero-order valence-corrected chi connectivity index (χ0v) is 30.2. The molecule has 14 atom stereocenters. The maximum atomic E-state index is 7.23. The number of ether oxygens (including phenoxy) is 8. The number of hydrogen-bond donors (Lipinski definition) is 0. The predicted octanol–water partition coefficient (Wildman–Crippen LogP) is 7.22. The third-order valence-electron chi connectivity index (χ3n) is 14.1. The molecular formula is C40H58N2O8. The highest BCUT2D eigenvalue weighted by Gasteiger charge is 2.67. The molecule has 10 heteroatoms. The molecule has 3 unspecified atom stereocenters. The Hall–Kier alpha value is -1.34. The Kier molecular flexibility index (Phi) is 9.09. The van der Waals surface area contributed by atoms with Crippen molar-refractivity contribution in [2.45, 2.75) is 238 Å². The minimum atomic E-state index is -0.347. The SMILES string of the molecule is [C-]#[N+]C(C)C[C@H]1CC[C@@H]2O[C@@H]3C[C@]2(C[C@H]2OC4(CCCCC4)OC32)O1.[C-]#[N+][C@H](C)C[C@H]1CC[C@@H]2O[C@@H]3C[C@]2(C[C@H]2OC4(CCCCC4)OC32)O1. The summed E-state index contributed by atoms with van der Waals surface area (Å²) in [5.41, 5.74) is -0.417. The van der Waals surface area contributed by atoms with E-state index < -0.39 is 0 Å². The Morgan fingerprint density at radius 3 is 1.32 bits per heavy atom. The monoisotopic (exact) mass is 694 g/mol. The normalized spacial score (nSPS) is 48.6. The van der Waals surface area contributed by atoms with Gasteiger partial charge in [-0.05, 0) is 51.4 Å². The first kappa shape index (κ1) is 34.4. The summed E-state index contributed by atoms with van der Waals surface area (Å²) in [5, 5.41) is 0. The maximum absolute atomic E-state index is 7.23. The Morgan fingerprint density at radius 1 is 0.520 bits per heavy atom. The van der Waals surface area contributed by atoms with Gasteiger partial charge in [0.05, 0.1) is 60.0 Å². The van der Waals surface area contributed by atoms with Crippen molar-refractivity contribution in [3.05, 3.63) is 22.8 Å². The molecule has 10 nitrogen and oxygen atoms in total. The first-order valence-electron chi connectivity index (χ1n) is 20.3. The van der Waals surface area contributed by atoms with E-state index in [4.69, 9.17) is 51.0 Å². The predicted molar refractivity (Wildman–Crippen MR) is 182 cm³/mol. The van der Waals surface area contributed by atoms with Crippen LogP contribution in [0.15, 0.2) is 0 Å². The second-order valence-electron chi connectivity index (χ2n) is 17.8. The van der Waals surface area contributed by atoms with Gasteiger partial charge < -0.3 is 47.6 Å². The molecule has 0 N–H and O–H groups in total. The van der Waals surface area contributed by atoms with Crippen molar-refractivity contribution in [3.63, 3.8) is 0 Å². The van der Waals surface area contributed by atoms with Crippen LogP contribution >= 0.6 is 0 Å². The molecule has 10 aliphatic rings. The molecule has 6 saturated heterocycles. The highest BCUT2D eigenvalue weighted by atomic mass is 16.8. The van der Waals surface area contributed by atoms with Gasteiger partial charge >= 0.3 is 0 Å². The lowest BCUT2D eigenvalue weighted by Gasteiger charge is -2.44. The molecule has 4 bridgehead atoms. The summed E-state index contributed by atoms with van der Waals surface area (Å²) < 4.78 is 52.1. The average Bonchev–Trinajstić information content (AvgIpc) is 3.83. The van der Waals surface area contributed by atoms with Crippen LogP contribution in [0.3, 0.4) is 0 Å². The third-order valence-corrected chi connectivity index (χ3v) is 14.1. The van der Waals surface area contributed by atoms with E-state index in [0.29, 0.717) is 0 Å². The van der Waals surface area contributed by atoms with Crippen LogP contribution in [0.2, 0.25) is 0 Å². The highest BCUT2D eigenvalue weighted by Crippen LogP contribution is 2.57. The zero-order chi connectivity index (χ0) is 34.1. The van der Waals surface area contributed by atoms with Crippen LogP contribution in [0.4, 0.5) is 0 Å². The molecule has 0 amide bonds. The van der Waals surface area contributed by atoms with Crippen molar-refractivity contribution in [3.8, 4) is 0 Å². The first-order valence-corrected chi connectivity index (χ1v) is 20.3. The van der Waals surface area contributed by atoms with E-state index in [9.17, 15) is 0 Å². The van der Waals surface area contributed by atoms with Gasteiger partial charge in [0.15, 0.2) is 11.6 Å². The van der Waals surface area contributed by atoms with Gasteiger partial charge in [0.2, 0.25) is 12.1 Å². The Morgan fingerprint density at radius 2 is 0.920 bits per heavy atom. The van der Waals surface area contributed by atoms with Crippen molar-refractivity contribution in [1.29, 1.82) is 0 Å². The quantitative estimate of drug-likeness (QED) is 0.286. The maximum Gasteiger partial charge on any atom is 0.223 e. The molecule has 4 spiro atoms. The Labute approximate surface area is 298 Å². The molecule has 276 valence electrons. The van der Waals surface area contributed by atoms with Gasteiger partial charge in [-0.25, -0.2) is 13.1 Å².